The smallest absolute Gasteiger partial charge is 0.115 e. The molecule has 0 spiro atoms. The lowest BCUT2D eigenvalue weighted by Gasteiger charge is -2.30. The first-order valence-corrected chi connectivity index (χ1v) is 15.4. The van der Waals surface area contributed by atoms with Crippen LogP contribution in [0.4, 0.5) is 0 Å². The second kappa shape index (κ2) is 19.2. The number of phenolic OH excluding ortho intramolecular Hbond substituents is 1. The highest BCUT2D eigenvalue weighted by Gasteiger charge is 2.26. The van der Waals surface area contributed by atoms with Gasteiger partial charge in [-0.25, -0.2) is 0 Å². The number of unbranched alkanes of at least 4 members (excludes halogenated alkanes) is 10. The Bertz CT molecular complexity index is 492. The molecule has 0 fully saturated rings. The fraction of sp³-hybridized carbons (Fsp3) is 0.786. The lowest BCUT2D eigenvalue weighted by molar-refractivity contribution is 0.442. The third kappa shape index (κ3) is 14.5. The zero-order valence-corrected chi connectivity index (χ0v) is 22.4. The zero-order chi connectivity index (χ0) is 22.6. The van der Waals surface area contributed by atoms with E-state index in [4.69, 9.17) is 0 Å². The van der Waals surface area contributed by atoms with Gasteiger partial charge in [0.05, 0.1) is 0 Å². The lowest BCUT2D eigenvalue weighted by Crippen LogP contribution is -2.24. The van der Waals surface area contributed by atoms with Crippen LogP contribution in [0.2, 0.25) is 0 Å². The molecule has 1 nitrogen and oxygen atoms in total. The van der Waals surface area contributed by atoms with Crippen molar-refractivity contribution in [3.63, 3.8) is 0 Å². The number of phenols is 1. The number of thioether (sulfide) groups is 2. The number of rotatable bonds is 21. The Morgan fingerprint density at radius 3 is 1.48 bits per heavy atom. The van der Waals surface area contributed by atoms with E-state index in [1.54, 1.807) is 0 Å². The van der Waals surface area contributed by atoms with E-state index >= 15 is 0 Å². The monoisotopic (exact) mass is 466 g/mol. The highest BCUT2D eigenvalue weighted by molar-refractivity contribution is 7.99. The maximum Gasteiger partial charge on any atom is 0.115 e. The summed E-state index contributed by atoms with van der Waals surface area (Å²) < 4.78 is 0. The van der Waals surface area contributed by atoms with Gasteiger partial charge in [0, 0.05) is 0 Å². The maximum atomic E-state index is 9.72. The van der Waals surface area contributed by atoms with Gasteiger partial charge < -0.3 is 5.11 Å². The van der Waals surface area contributed by atoms with Gasteiger partial charge in [0.25, 0.3) is 0 Å². The summed E-state index contributed by atoms with van der Waals surface area (Å²) >= 11 is 4.28. The van der Waals surface area contributed by atoms with Gasteiger partial charge >= 0.3 is 0 Å². The van der Waals surface area contributed by atoms with E-state index in [1.165, 1.54) is 118 Å². The Labute approximate surface area is 203 Å². The summed E-state index contributed by atoms with van der Waals surface area (Å²) in [6.07, 6.45) is 19.1. The first-order valence-electron chi connectivity index (χ1n) is 13.1. The van der Waals surface area contributed by atoms with Gasteiger partial charge in [0.15, 0.2) is 0 Å². The van der Waals surface area contributed by atoms with Crippen LogP contribution in [-0.4, -0.2) is 28.1 Å². The molecule has 0 heterocycles. The van der Waals surface area contributed by atoms with Crippen LogP contribution in [-0.2, 0) is 5.41 Å². The van der Waals surface area contributed by atoms with E-state index in [-0.39, 0.29) is 5.41 Å². The summed E-state index contributed by atoms with van der Waals surface area (Å²) in [5.74, 6) is 5.49. The average Bonchev–Trinajstić information content (AvgIpc) is 2.77. The normalized spacial score (nSPS) is 11.8. The molecule has 0 saturated carbocycles. The average molecular weight is 467 g/mol. The van der Waals surface area contributed by atoms with Crippen LogP contribution in [0.25, 0.3) is 0 Å². The van der Waals surface area contributed by atoms with Crippen LogP contribution in [0.1, 0.15) is 116 Å². The van der Waals surface area contributed by atoms with Gasteiger partial charge in [-0.3, -0.25) is 0 Å². The van der Waals surface area contributed by atoms with E-state index in [0.717, 1.165) is 0 Å². The summed E-state index contributed by atoms with van der Waals surface area (Å²) in [5, 5.41) is 9.72. The predicted molar refractivity (Wildman–Crippen MR) is 146 cm³/mol. The molecule has 3 heteroatoms. The molecule has 1 aromatic rings. The van der Waals surface area contributed by atoms with Gasteiger partial charge in [0.2, 0.25) is 0 Å². The molecular formula is C28H50OS2. The predicted octanol–water partition coefficient (Wildman–Crippen LogP) is 9.62. The highest BCUT2D eigenvalue weighted by Crippen LogP contribution is 2.35. The number of benzene rings is 1. The Hall–Kier alpha value is -0.280. The van der Waals surface area contributed by atoms with Crippen molar-refractivity contribution in [3.05, 3.63) is 29.8 Å². The quantitative estimate of drug-likeness (QED) is 0.182. The van der Waals surface area contributed by atoms with E-state index in [9.17, 15) is 5.11 Å². The molecule has 1 aromatic carbocycles. The van der Waals surface area contributed by atoms with E-state index in [0.29, 0.717) is 5.75 Å². The fourth-order valence-electron chi connectivity index (χ4n) is 4.05. The summed E-state index contributed by atoms with van der Waals surface area (Å²) in [5.41, 5.74) is 1.61. The standard InChI is InChI=1S/C28H50OS2/c1-4-6-8-10-12-14-22-30-24-20-28(3,26-16-18-27(29)19-17-26)21-25-31-23-15-13-11-9-7-5-2/h16-19,29H,4-15,20-25H2,1-3H3. The number of aromatic hydroxyl groups is 1. The number of hydrogen-bond donors (Lipinski definition) is 1. The summed E-state index contributed by atoms with van der Waals surface area (Å²) in [6.45, 7) is 7.01. The minimum Gasteiger partial charge on any atom is -0.508 e. The lowest BCUT2D eigenvalue weighted by atomic mass is 9.78. The van der Waals surface area contributed by atoms with Crippen molar-refractivity contribution in [2.75, 3.05) is 23.0 Å². The molecule has 180 valence electrons. The van der Waals surface area contributed by atoms with Crippen molar-refractivity contribution in [1.29, 1.82) is 0 Å². The van der Waals surface area contributed by atoms with E-state index in [1.807, 2.05) is 12.1 Å². The molecule has 1 N–H and O–H groups in total. The minimum absolute atomic E-state index is 0.218. The first-order chi connectivity index (χ1) is 15.1. The van der Waals surface area contributed by atoms with Crippen molar-refractivity contribution < 1.29 is 5.11 Å². The third-order valence-electron chi connectivity index (χ3n) is 6.45. The molecule has 1 rings (SSSR count). The van der Waals surface area contributed by atoms with Gasteiger partial charge in [-0.2, -0.15) is 23.5 Å². The SMILES string of the molecule is CCCCCCCCSCCC(C)(CCSCCCCCCCC)c1ccc(O)cc1. The topological polar surface area (TPSA) is 20.2 Å². The third-order valence-corrected chi connectivity index (χ3v) is 8.59. The van der Waals surface area contributed by atoms with E-state index < -0.39 is 0 Å². The highest BCUT2D eigenvalue weighted by atomic mass is 32.2. The van der Waals surface area contributed by atoms with Gasteiger partial charge in [-0.1, -0.05) is 97.1 Å². The van der Waals surface area contributed by atoms with Crippen molar-refractivity contribution in [1.82, 2.24) is 0 Å². The maximum absolute atomic E-state index is 9.72. The number of hydrogen-bond acceptors (Lipinski definition) is 3. The molecule has 0 radical (unpaired) electrons. The molecule has 0 amide bonds. The molecule has 0 aliphatic carbocycles. The van der Waals surface area contributed by atoms with Gasteiger partial charge in [0.1, 0.15) is 5.75 Å². The van der Waals surface area contributed by atoms with Crippen molar-refractivity contribution in [3.8, 4) is 5.75 Å². The van der Waals surface area contributed by atoms with Crippen LogP contribution in [0.5, 0.6) is 5.75 Å². The van der Waals surface area contributed by atoms with Crippen LogP contribution < -0.4 is 0 Å². The van der Waals surface area contributed by atoms with Crippen molar-refractivity contribution >= 4 is 23.5 Å². The molecular weight excluding hydrogens is 416 g/mol. The van der Waals surface area contributed by atoms with Crippen LogP contribution >= 0.6 is 23.5 Å². The van der Waals surface area contributed by atoms with Crippen LogP contribution in [0.15, 0.2) is 24.3 Å². The second-order valence-corrected chi connectivity index (χ2v) is 11.8. The Morgan fingerprint density at radius 2 is 1.03 bits per heavy atom. The van der Waals surface area contributed by atoms with Crippen LogP contribution in [0.3, 0.4) is 0 Å². The summed E-state index contributed by atoms with van der Waals surface area (Å²) in [4.78, 5) is 0. The Balaban J connectivity index is 2.32. The fourth-order valence-corrected chi connectivity index (χ4v) is 6.46. The first kappa shape index (κ1) is 28.8. The molecule has 0 aliphatic rings. The Kier molecular flexibility index (Phi) is 17.8. The molecule has 0 saturated heterocycles. The second-order valence-electron chi connectivity index (χ2n) is 9.37. The largest absolute Gasteiger partial charge is 0.508 e. The van der Waals surface area contributed by atoms with Crippen LogP contribution in [0, 0.1) is 0 Å². The van der Waals surface area contributed by atoms with E-state index in [2.05, 4.69) is 56.4 Å². The molecule has 0 aromatic heterocycles. The van der Waals surface area contributed by atoms with Crippen molar-refractivity contribution in [2.24, 2.45) is 0 Å². The summed E-state index contributed by atoms with van der Waals surface area (Å²) in [7, 11) is 0. The summed E-state index contributed by atoms with van der Waals surface area (Å²) in [6, 6.07) is 8.01. The van der Waals surface area contributed by atoms with Gasteiger partial charge in [-0.05, 0) is 71.8 Å². The van der Waals surface area contributed by atoms with Crippen molar-refractivity contribution in [2.45, 2.75) is 116 Å². The molecule has 0 atom stereocenters. The minimum atomic E-state index is 0.218. The molecule has 31 heavy (non-hydrogen) atoms. The van der Waals surface area contributed by atoms with Gasteiger partial charge in [-0.15, -0.1) is 0 Å². The zero-order valence-electron chi connectivity index (χ0n) is 20.8. The molecule has 0 aliphatic heterocycles. The molecule has 0 unspecified atom stereocenters. The molecule has 0 bridgehead atoms. The Morgan fingerprint density at radius 1 is 0.613 bits per heavy atom.